The van der Waals surface area contributed by atoms with E-state index >= 15 is 0 Å². The number of aromatic hydroxyl groups is 1. The number of amides is 1. The Kier molecular flexibility index (Phi) is 4.75. The van der Waals surface area contributed by atoms with Gasteiger partial charge in [-0.25, -0.2) is 10.2 Å². The standard InChI is InChI=1S/C17H16N2O4/c1-10-7-11(2)15(17(22)23)8-13(10)9-18-19-16(21)12-3-5-14(20)6-4-12/h3-9,20H,1-2H3,(H,19,21)(H,22,23)/b18-9+. The molecule has 6 nitrogen and oxygen atoms in total. The van der Waals surface area contributed by atoms with Gasteiger partial charge in [-0.1, -0.05) is 6.07 Å². The van der Waals surface area contributed by atoms with Gasteiger partial charge >= 0.3 is 5.97 Å². The summed E-state index contributed by atoms with van der Waals surface area (Å²) in [4.78, 5) is 23.0. The fourth-order valence-electron chi connectivity index (χ4n) is 2.08. The highest BCUT2D eigenvalue weighted by Gasteiger charge is 2.09. The predicted octanol–water partition coefficient (Wildman–Crippen LogP) is 2.47. The molecule has 0 spiro atoms. The molecule has 23 heavy (non-hydrogen) atoms. The minimum absolute atomic E-state index is 0.0709. The maximum atomic E-state index is 11.9. The number of hydrogen-bond donors (Lipinski definition) is 3. The molecule has 0 atom stereocenters. The second-order valence-electron chi connectivity index (χ2n) is 5.07. The third kappa shape index (κ3) is 3.94. The minimum atomic E-state index is -1.01. The molecular weight excluding hydrogens is 296 g/mol. The van der Waals surface area contributed by atoms with Crippen molar-refractivity contribution in [1.29, 1.82) is 0 Å². The second kappa shape index (κ2) is 6.74. The van der Waals surface area contributed by atoms with E-state index in [-0.39, 0.29) is 11.3 Å². The Morgan fingerprint density at radius 3 is 2.35 bits per heavy atom. The van der Waals surface area contributed by atoms with E-state index in [0.29, 0.717) is 16.7 Å². The summed E-state index contributed by atoms with van der Waals surface area (Å²) in [6.07, 6.45) is 1.40. The first-order valence-corrected chi connectivity index (χ1v) is 6.85. The highest BCUT2D eigenvalue weighted by Crippen LogP contribution is 2.15. The van der Waals surface area contributed by atoms with E-state index in [9.17, 15) is 14.7 Å². The van der Waals surface area contributed by atoms with Crippen LogP contribution in [-0.2, 0) is 0 Å². The molecule has 3 N–H and O–H groups in total. The van der Waals surface area contributed by atoms with Gasteiger partial charge in [0.1, 0.15) is 5.75 Å². The lowest BCUT2D eigenvalue weighted by atomic mass is 10.0. The minimum Gasteiger partial charge on any atom is -0.508 e. The van der Waals surface area contributed by atoms with Crippen LogP contribution < -0.4 is 5.43 Å². The molecule has 1 amide bonds. The van der Waals surface area contributed by atoms with Gasteiger partial charge in [0, 0.05) is 5.56 Å². The molecule has 0 radical (unpaired) electrons. The molecule has 118 valence electrons. The summed E-state index contributed by atoms with van der Waals surface area (Å²) in [6, 6.07) is 9.03. The van der Waals surface area contributed by atoms with Crippen molar-refractivity contribution in [2.24, 2.45) is 5.10 Å². The van der Waals surface area contributed by atoms with Crippen LogP contribution in [0.2, 0.25) is 0 Å². The lowest BCUT2D eigenvalue weighted by molar-refractivity contribution is 0.0695. The number of hydrazone groups is 1. The maximum absolute atomic E-state index is 11.9. The summed E-state index contributed by atoms with van der Waals surface area (Å²) in [6.45, 7) is 3.56. The molecule has 0 aromatic heterocycles. The number of aromatic carboxylic acids is 1. The molecule has 0 aliphatic carbocycles. The average Bonchev–Trinajstić information content (AvgIpc) is 2.49. The third-order valence-electron chi connectivity index (χ3n) is 3.34. The largest absolute Gasteiger partial charge is 0.508 e. The summed E-state index contributed by atoms with van der Waals surface area (Å²) in [5, 5.41) is 22.2. The fraction of sp³-hybridized carbons (Fsp3) is 0.118. The van der Waals surface area contributed by atoms with Crippen molar-refractivity contribution in [3.05, 3.63) is 64.2 Å². The molecule has 0 unspecified atom stereocenters. The number of carbonyl (C=O) groups is 2. The normalized spacial score (nSPS) is 10.7. The third-order valence-corrected chi connectivity index (χ3v) is 3.34. The van der Waals surface area contributed by atoms with E-state index in [2.05, 4.69) is 10.5 Å². The number of hydrogen-bond acceptors (Lipinski definition) is 4. The number of phenols is 1. The number of rotatable bonds is 4. The highest BCUT2D eigenvalue weighted by molar-refractivity contribution is 5.96. The summed E-state index contributed by atoms with van der Waals surface area (Å²) < 4.78 is 0. The molecule has 0 fully saturated rings. The SMILES string of the molecule is Cc1cc(C)c(C(=O)O)cc1/C=N/NC(=O)c1ccc(O)cc1. The van der Waals surface area contributed by atoms with Crippen LogP contribution in [0.1, 0.15) is 37.4 Å². The zero-order valence-corrected chi connectivity index (χ0v) is 12.7. The second-order valence-corrected chi connectivity index (χ2v) is 5.07. The van der Waals surface area contributed by atoms with Crippen LogP contribution in [-0.4, -0.2) is 28.3 Å². The van der Waals surface area contributed by atoms with E-state index in [1.54, 1.807) is 13.0 Å². The first-order valence-electron chi connectivity index (χ1n) is 6.85. The number of nitrogens with zero attached hydrogens (tertiary/aromatic N) is 1. The highest BCUT2D eigenvalue weighted by atomic mass is 16.4. The van der Waals surface area contributed by atoms with Gasteiger partial charge in [-0.05, 0) is 60.9 Å². The van der Waals surface area contributed by atoms with Crippen LogP contribution in [0.4, 0.5) is 0 Å². The van der Waals surface area contributed by atoms with Crippen molar-refractivity contribution in [3.63, 3.8) is 0 Å². The summed E-state index contributed by atoms with van der Waals surface area (Å²) in [7, 11) is 0. The van der Waals surface area contributed by atoms with E-state index < -0.39 is 11.9 Å². The maximum Gasteiger partial charge on any atom is 0.335 e. The smallest absolute Gasteiger partial charge is 0.335 e. The monoisotopic (exact) mass is 312 g/mol. The van der Waals surface area contributed by atoms with E-state index in [0.717, 1.165) is 5.56 Å². The Morgan fingerprint density at radius 1 is 1.09 bits per heavy atom. The predicted molar refractivity (Wildman–Crippen MR) is 86.0 cm³/mol. The molecular formula is C17H16N2O4. The zero-order chi connectivity index (χ0) is 17.0. The molecule has 0 heterocycles. The molecule has 2 aromatic rings. The van der Waals surface area contributed by atoms with Crippen molar-refractivity contribution >= 4 is 18.1 Å². The Bertz CT molecular complexity index is 780. The summed E-state index contributed by atoms with van der Waals surface area (Å²) in [5.74, 6) is -1.36. The van der Waals surface area contributed by atoms with Crippen LogP contribution in [0.15, 0.2) is 41.5 Å². The number of carboxylic acid groups (broad SMARTS) is 1. The number of carboxylic acids is 1. The first kappa shape index (κ1) is 16.2. The van der Waals surface area contributed by atoms with Gasteiger partial charge in [0.2, 0.25) is 0 Å². The lowest BCUT2D eigenvalue weighted by Crippen LogP contribution is -2.17. The van der Waals surface area contributed by atoms with Crippen molar-refractivity contribution in [2.75, 3.05) is 0 Å². The van der Waals surface area contributed by atoms with Gasteiger partial charge < -0.3 is 10.2 Å². The van der Waals surface area contributed by atoms with E-state index in [4.69, 9.17) is 5.11 Å². The van der Waals surface area contributed by atoms with Crippen LogP contribution in [0.3, 0.4) is 0 Å². The van der Waals surface area contributed by atoms with Gasteiger partial charge in [0.25, 0.3) is 5.91 Å². The Labute approximate surface area is 133 Å². The van der Waals surface area contributed by atoms with E-state index in [1.165, 1.54) is 36.5 Å². The van der Waals surface area contributed by atoms with Gasteiger partial charge in [0.15, 0.2) is 0 Å². The van der Waals surface area contributed by atoms with E-state index in [1.807, 2.05) is 6.92 Å². The van der Waals surface area contributed by atoms with Gasteiger partial charge in [-0.2, -0.15) is 5.10 Å². The molecule has 0 saturated heterocycles. The van der Waals surface area contributed by atoms with Crippen LogP contribution in [0.25, 0.3) is 0 Å². The Morgan fingerprint density at radius 2 is 1.74 bits per heavy atom. The molecule has 6 heteroatoms. The quantitative estimate of drug-likeness (QED) is 0.596. The average molecular weight is 312 g/mol. The van der Waals surface area contributed by atoms with Gasteiger partial charge in [0.05, 0.1) is 11.8 Å². The van der Waals surface area contributed by atoms with Crippen molar-refractivity contribution in [1.82, 2.24) is 5.43 Å². The number of nitrogens with one attached hydrogen (secondary N) is 1. The van der Waals surface area contributed by atoms with Crippen molar-refractivity contribution in [3.8, 4) is 5.75 Å². The summed E-state index contributed by atoms with van der Waals surface area (Å²) >= 11 is 0. The molecule has 0 bridgehead atoms. The van der Waals surface area contributed by atoms with Crippen molar-refractivity contribution < 1.29 is 19.8 Å². The van der Waals surface area contributed by atoms with Crippen molar-refractivity contribution in [2.45, 2.75) is 13.8 Å². The van der Waals surface area contributed by atoms with Gasteiger partial charge in [-0.15, -0.1) is 0 Å². The molecule has 0 saturated carbocycles. The first-order chi connectivity index (χ1) is 10.9. The Balaban J connectivity index is 2.14. The van der Waals surface area contributed by atoms with Crippen LogP contribution >= 0.6 is 0 Å². The van der Waals surface area contributed by atoms with Crippen LogP contribution in [0, 0.1) is 13.8 Å². The number of carbonyl (C=O) groups excluding carboxylic acids is 1. The van der Waals surface area contributed by atoms with Gasteiger partial charge in [-0.3, -0.25) is 4.79 Å². The number of benzene rings is 2. The molecule has 2 rings (SSSR count). The number of phenolic OH excluding ortho intramolecular Hbond substituents is 1. The van der Waals surface area contributed by atoms with Crippen LogP contribution in [0.5, 0.6) is 5.75 Å². The summed E-state index contributed by atoms with van der Waals surface area (Å²) in [5.41, 5.74) is 5.04. The lowest BCUT2D eigenvalue weighted by Gasteiger charge is -2.06. The zero-order valence-electron chi connectivity index (χ0n) is 12.7. The topological polar surface area (TPSA) is 99.0 Å². The molecule has 0 aliphatic rings. The molecule has 2 aromatic carbocycles. The fourth-order valence-corrected chi connectivity index (χ4v) is 2.08. The Hall–Kier alpha value is -3.15. The number of aryl methyl sites for hydroxylation is 2. The molecule has 0 aliphatic heterocycles.